The van der Waals surface area contributed by atoms with Gasteiger partial charge in [0.05, 0.1) is 0 Å². The largest absolute Gasteiger partial charge is 0.484 e. The van der Waals surface area contributed by atoms with E-state index in [4.69, 9.17) is 4.74 Å². The highest BCUT2D eigenvalue weighted by atomic mass is 79.9. The minimum atomic E-state index is -0.155. The van der Waals surface area contributed by atoms with Gasteiger partial charge >= 0.3 is 0 Å². The molecule has 0 saturated heterocycles. The number of hydrogen-bond acceptors (Lipinski definition) is 2. The van der Waals surface area contributed by atoms with Crippen molar-refractivity contribution in [3.63, 3.8) is 0 Å². The van der Waals surface area contributed by atoms with Crippen molar-refractivity contribution in [2.24, 2.45) is 0 Å². The lowest BCUT2D eigenvalue weighted by atomic mass is 9.98. The molecule has 0 aliphatic heterocycles. The zero-order valence-electron chi connectivity index (χ0n) is 15.2. The molecule has 1 amide bonds. The summed E-state index contributed by atoms with van der Waals surface area (Å²) in [5.41, 5.74) is 3.08. The summed E-state index contributed by atoms with van der Waals surface area (Å²) in [5, 5.41) is 5.20. The van der Waals surface area contributed by atoms with Gasteiger partial charge in [-0.25, -0.2) is 0 Å². The first kappa shape index (κ1) is 18.5. The molecule has 0 atom stereocenters. The predicted molar refractivity (Wildman–Crippen MR) is 111 cm³/mol. The van der Waals surface area contributed by atoms with E-state index in [1.54, 1.807) is 0 Å². The molecule has 4 heteroatoms. The van der Waals surface area contributed by atoms with Gasteiger partial charge in [-0.1, -0.05) is 60.1 Å². The first-order chi connectivity index (χ1) is 12.4. The van der Waals surface area contributed by atoms with Crippen LogP contribution < -0.4 is 10.1 Å². The van der Waals surface area contributed by atoms with Gasteiger partial charge in [-0.3, -0.25) is 4.79 Å². The average molecular weight is 412 g/mol. The van der Waals surface area contributed by atoms with Crippen molar-refractivity contribution < 1.29 is 9.53 Å². The summed E-state index contributed by atoms with van der Waals surface area (Å²) in [6.45, 7) is 6.22. The van der Waals surface area contributed by atoms with Crippen LogP contribution in [0.2, 0.25) is 0 Å². The van der Waals surface area contributed by atoms with Gasteiger partial charge in [0, 0.05) is 10.2 Å². The molecule has 3 nitrogen and oxygen atoms in total. The Hall–Kier alpha value is -2.33. The number of para-hydroxylation sites is 1. The van der Waals surface area contributed by atoms with Crippen molar-refractivity contribution in [3.05, 3.63) is 70.2 Å². The maximum Gasteiger partial charge on any atom is 0.262 e. The fourth-order valence-electron chi connectivity index (χ4n) is 2.95. The number of carbonyl (C=O) groups excluding carboxylic acids is 1. The topological polar surface area (TPSA) is 38.3 Å². The van der Waals surface area contributed by atoms with Crippen molar-refractivity contribution in [1.82, 2.24) is 0 Å². The second-order valence-electron chi connectivity index (χ2n) is 6.68. The Kier molecular flexibility index (Phi) is 5.62. The molecule has 3 aromatic rings. The summed E-state index contributed by atoms with van der Waals surface area (Å²) in [5.74, 6) is 0.867. The Balaban J connectivity index is 1.69. The number of halogens is 1. The van der Waals surface area contributed by atoms with Crippen LogP contribution in [0.4, 0.5) is 5.69 Å². The average Bonchev–Trinajstić information content (AvgIpc) is 2.61. The summed E-state index contributed by atoms with van der Waals surface area (Å²) in [4.78, 5) is 12.4. The highest BCUT2D eigenvalue weighted by Gasteiger charge is 2.12. The molecule has 0 bridgehead atoms. The third-order valence-electron chi connectivity index (χ3n) is 4.34. The minimum Gasteiger partial charge on any atom is -0.484 e. The summed E-state index contributed by atoms with van der Waals surface area (Å²) in [7, 11) is 0. The van der Waals surface area contributed by atoms with E-state index in [1.807, 2.05) is 49.4 Å². The number of nitrogens with one attached hydrogen (secondary N) is 1. The lowest BCUT2D eigenvalue weighted by molar-refractivity contribution is -0.118. The molecule has 0 heterocycles. The normalized spacial score (nSPS) is 11.0. The standard InChI is InChI=1S/C22H22BrNO2/c1-14(2)20-6-4-5-15(3)22(20)24-21(25)13-26-19-10-8-16-11-18(23)9-7-17(16)12-19/h4-12,14H,13H2,1-3H3,(H,24,25). The van der Waals surface area contributed by atoms with Crippen LogP contribution >= 0.6 is 15.9 Å². The minimum absolute atomic E-state index is 0.0199. The van der Waals surface area contributed by atoms with Crippen LogP contribution in [0.1, 0.15) is 30.9 Å². The Morgan fingerprint density at radius 2 is 1.81 bits per heavy atom. The summed E-state index contributed by atoms with van der Waals surface area (Å²) in [6.07, 6.45) is 0. The Bertz CT molecular complexity index is 950. The van der Waals surface area contributed by atoms with E-state index in [2.05, 4.69) is 47.2 Å². The fourth-order valence-corrected chi connectivity index (χ4v) is 3.33. The zero-order chi connectivity index (χ0) is 18.7. The Morgan fingerprint density at radius 3 is 2.58 bits per heavy atom. The van der Waals surface area contributed by atoms with Crippen molar-refractivity contribution in [2.45, 2.75) is 26.7 Å². The first-order valence-electron chi connectivity index (χ1n) is 8.65. The second kappa shape index (κ2) is 7.92. The van der Waals surface area contributed by atoms with E-state index in [9.17, 15) is 4.79 Å². The molecule has 3 aromatic carbocycles. The van der Waals surface area contributed by atoms with Crippen LogP contribution in [0, 0.1) is 6.92 Å². The van der Waals surface area contributed by atoms with E-state index in [1.165, 1.54) is 0 Å². The second-order valence-corrected chi connectivity index (χ2v) is 7.60. The van der Waals surface area contributed by atoms with Crippen LogP contribution in [-0.2, 0) is 4.79 Å². The van der Waals surface area contributed by atoms with Crippen molar-refractivity contribution >= 4 is 38.3 Å². The molecule has 0 aliphatic rings. The number of hydrogen-bond donors (Lipinski definition) is 1. The Morgan fingerprint density at radius 1 is 1.08 bits per heavy atom. The summed E-state index contributed by atoms with van der Waals surface area (Å²) < 4.78 is 6.73. The van der Waals surface area contributed by atoms with E-state index in [0.717, 1.165) is 32.1 Å². The quantitative estimate of drug-likeness (QED) is 0.554. The molecule has 0 unspecified atom stereocenters. The number of fused-ring (bicyclic) bond motifs is 1. The fraction of sp³-hybridized carbons (Fsp3) is 0.227. The summed E-state index contributed by atoms with van der Waals surface area (Å²) in [6, 6.07) is 18.0. The molecule has 3 rings (SSSR count). The maximum atomic E-state index is 12.4. The van der Waals surface area contributed by atoms with E-state index < -0.39 is 0 Å². The van der Waals surface area contributed by atoms with Crippen LogP contribution in [0.5, 0.6) is 5.75 Å². The SMILES string of the molecule is Cc1cccc(C(C)C)c1NC(=O)COc1ccc2cc(Br)ccc2c1. The number of benzene rings is 3. The number of carbonyl (C=O) groups is 1. The van der Waals surface area contributed by atoms with Crippen molar-refractivity contribution in [1.29, 1.82) is 0 Å². The van der Waals surface area contributed by atoms with Gasteiger partial charge in [-0.2, -0.15) is 0 Å². The molecule has 0 aliphatic carbocycles. The number of amides is 1. The number of rotatable bonds is 5. The highest BCUT2D eigenvalue weighted by Crippen LogP contribution is 2.27. The lowest BCUT2D eigenvalue weighted by Gasteiger charge is -2.16. The van der Waals surface area contributed by atoms with Gasteiger partial charge in [0.1, 0.15) is 5.75 Å². The number of anilines is 1. The molecule has 0 aromatic heterocycles. The maximum absolute atomic E-state index is 12.4. The number of aryl methyl sites for hydroxylation is 1. The van der Waals surface area contributed by atoms with Gasteiger partial charge in [0.2, 0.25) is 0 Å². The van der Waals surface area contributed by atoms with Gasteiger partial charge in [0.25, 0.3) is 5.91 Å². The smallest absolute Gasteiger partial charge is 0.262 e. The van der Waals surface area contributed by atoms with Gasteiger partial charge in [-0.05, 0) is 59.0 Å². The van der Waals surface area contributed by atoms with Crippen LogP contribution in [0.25, 0.3) is 10.8 Å². The zero-order valence-corrected chi connectivity index (χ0v) is 16.8. The molecule has 0 spiro atoms. The van der Waals surface area contributed by atoms with Crippen molar-refractivity contribution in [2.75, 3.05) is 11.9 Å². The molecule has 0 saturated carbocycles. The third-order valence-corrected chi connectivity index (χ3v) is 4.83. The molecule has 0 radical (unpaired) electrons. The molecule has 134 valence electrons. The summed E-state index contributed by atoms with van der Waals surface area (Å²) >= 11 is 3.47. The molecule has 26 heavy (non-hydrogen) atoms. The van der Waals surface area contributed by atoms with Crippen LogP contribution in [0.3, 0.4) is 0 Å². The molecular weight excluding hydrogens is 390 g/mol. The lowest BCUT2D eigenvalue weighted by Crippen LogP contribution is -2.21. The third kappa shape index (κ3) is 4.25. The van der Waals surface area contributed by atoms with E-state index in [0.29, 0.717) is 11.7 Å². The highest BCUT2D eigenvalue weighted by molar-refractivity contribution is 9.10. The Labute approximate surface area is 162 Å². The van der Waals surface area contributed by atoms with Crippen molar-refractivity contribution in [3.8, 4) is 5.75 Å². The molecule has 0 fully saturated rings. The van der Waals surface area contributed by atoms with Gasteiger partial charge in [-0.15, -0.1) is 0 Å². The predicted octanol–water partition coefficient (Wildman–Crippen LogP) is 6.05. The molecule has 1 N–H and O–H groups in total. The number of ether oxygens (including phenoxy) is 1. The van der Waals surface area contributed by atoms with E-state index >= 15 is 0 Å². The van der Waals surface area contributed by atoms with E-state index in [-0.39, 0.29) is 12.5 Å². The first-order valence-corrected chi connectivity index (χ1v) is 9.45. The molecular formula is C22H22BrNO2. The van der Waals surface area contributed by atoms with Gasteiger partial charge < -0.3 is 10.1 Å². The van der Waals surface area contributed by atoms with Crippen LogP contribution in [-0.4, -0.2) is 12.5 Å². The monoisotopic (exact) mass is 411 g/mol. The van der Waals surface area contributed by atoms with Crippen LogP contribution in [0.15, 0.2) is 59.1 Å². The van der Waals surface area contributed by atoms with Gasteiger partial charge in [0.15, 0.2) is 6.61 Å².